The molecule has 0 bridgehead atoms. The molecule has 0 aliphatic heterocycles. The molecule has 1 atom stereocenters. The smallest absolute Gasteiger partial charge is 0.429 e. The summed E-state index contributed by atoms with van der Waals surface area (Å²) in [7, 11) is 0. The number of nitrogens with one attached hydrogen (secondary N) is 1. The molecule has 9 nitrogen and oxygen atoms in total. The lowest BCUT2D eigenvalue weighted by Gasteiger charge is -2.26. The van der Waals surface area contributed by atoms with E-state index in [0.717, 1.165) is 91.8 Å². The van der Waals surface area contributed by atoms with Crippen molar-refractivity contribution >= 4 is 40.0 Å². The molecule has 64 heavy (non-hydrogen) atoms. The number of ether oxygens (including phenoxy) is 4. The van der Waals surface area contributed by atoms with E-state index in [1.807, 2.05) is 55.5 Å². The Balaban J connectivity index is 1.02. The van der Waals surface area contributed by atoms with Crippen LogP contribution in [0, 0.1) is 28.9 Å². The van der Waals surface area contributed by atoms with Crippen LogP contribution < -0.4 is 14.2 Å². The molecule has 0 spiro atoms. The summed E-state index contributed by atoms with van der Waals surface area (Å²) in [6.07, 6.45) is 14.8. The molecule has 0 amide bonds. The number of aromatic nitrogens is 2. The van der Waals surface area contributed by atoms with Gasteiger partial charge in [0.2, 0.25) is 5.82 Å². The zero-order valence-corrected chi connectivity index (χ0v) is 36.1. The molecule has 1 saturated carbocycles. The van der Waals surface area contributed by atoms with Gasteiger partial charge < -0.3 is 24.4 Å². The molecule has 1 N–H and O–H groups in total. The molecule has 1 aromatic heterocycles. The van der Waals surface area contributed by atoms with Gasteiger partial charge in [-0.1, -0.05) is 68.5 Å². The summed E-state index contributed by atoms with van der Waals surface area (Å²) in [5.74, 6) is -4.53. The number of benzene rings is 4. The van der Waals surface area contributed by atoms with Crippen LogP contribution in [0.4, 0.5) is 17.6 Å². The average Bonchev–Trinajstić information content (AvgIpc) is 3.30. The van der Waals surface area contributed by atoms with Gasteiger partial charge in [0.25, 0.3) is 0 Å². The molecule has 1 heterocycles. The number of carbonyl (C=O) groups excluding carboxylic acids is 2. The Labute approximate surface area is 370 Å². The summed E-state index contributed by atoms with van der Waals surface area (Å²) < 4.78 is 82.7. The molecule has 336 valence electrons. The van der Waals surface area contributed by atoms with Crippen molar-refractivity contribution in [3.05, 3.63) is 138 Å². The van der Waals surface area contributed by atoms with Gasteiger partial charge in [0.1, 0.15) is 17.1 Å². The maximum absolute atomic E-state index is 15.6. The molecule has 4 aromatic carbocycles. The lowest BCUT2D eigenvalue weighted by molar-refractivity contribution is -0.187. The van der Waals surface area contributed by atoms with E-state index in [9.17, 15) is 9.59 Å². The van der Waals surface area contributed by atoms with Gasteiger partial charge in [-0.2, -0.15) is 13.2 Å². The molecule has 0 radical (unpaired) electrons. The minimum Gasteiger partial charge on any atom is -0.494 e. The summed E-state index contributed by atoms with van der Waals surface area (Å²) in [6.45, 7) is 8.38. The Morgan fingerprint density at radius 3 is 2.45 bits per heavy atom. The Morgan fingerprint density at radius 1 is 0.922 bits per heavy atom. The standard InChI is InChI=1S/C51H53F4N3O6/c1-4-7-8-10-34-12-16-36(17-13-34)44-32-57-42-30-46(39(31-56)29-43(42)58-44)64-51(54,55)41-21-22-45(50(53)49(41)52)63-48(60)23-15-35-14-18-38-28-40(20-19-37(38)27-35)61-26-24-33(5-2)11-9-25-62-47(59)6-3/h4,6-8,10,14,18-22,27-34,36,56H,3,5,9,11-13,15-17,23-26H2,1-2H3/b7-4+,10-8+,56-31?. The fourth-order valence-electron chi connectivity index (χ4n) is 7.87. The van der Waals surface area contributed by atoms with Crippen molar-refractivity contribution in [3.63, 3.8) is 0 Å². The normalized spacial score (nSPS) is 16.0. The first kappa shape index (κ1) is 47.1. The fraction of sp³-hybridized carbons (Fsp3) is 0.353. The van der Waals surface area contributed by atoms with Crippen LogP contribution in [0.5, 0.6) is 17.2 Å². The lowest BCUT2D eigenvalue weighted by Crippen LogP contribution is -2.25. The first-order chi connectivity index (χ1) is 30.9. The van der Waals surface area contributed by atoms with Crippen molar-refractivity contribution in [1.29, 1.82) is 5.41 Å². The predicted octanol–water partition coefficient (Wildman–Crippen LogP) is 12.4. The highest BCUT2D eigenvalue weighted by Gasteiger charge is 2.40. The highest BCUT2D eigenvalue weighted by atomic mass is 19.3. The maximum Gasteiger partial charge on any atom is 0.429 e. The van der Waals surface area contributed by atoms with Crippen molar-refractivity contribution in [3.8, 4) is 17.2 Å². The topological polar surface area (TPSA) is 121 Å². The number of allylic oxidation sites excluding steroid dienone is 4. The quantitative estimate of drug-likeness (QED) is 0.0147. The minimum absolute atomic E-state index is 0.0558. The Morgan fingerprint density at radius 2 is 1.70 bits per heavy atom. The molecule has 0 saturated heterocycles. The van der Waals surface area contributed by atoms with E-state index in [4.69, 9.17) is 29.3 Å². The van der Waals surface area contributed by atoms with Gasteiger partial charge in [0, 0.05) is 42.5 Å². The number of halogens is 4. The van der Waals surface area contributed by atoms with Gasteiger partial charge in [0.15, 0.2) is 11.6 Å². The number of hydrogen-bond acceptors (Lipinski definition) is 9. The number of aryl methyl sites for hydroxylation is 1. The van der Waals surface area contributed by atoms with Crippen LogP contribution >= 0.6 is 0 Å². The Bertz CT molecular complexity index is 2520. The van der Waals surface area contributed by atoms with Crippen LogP contribution in [0.1, 0.15) is 99.9 Å². The summed E-state index contributed by atoms with van der Waals surface area (Å²) in [6, 6.07) is 15.3. The summed E-state index contributed by atoms with van der Waals surface area (Å²) >= 11 is 0. The largest absolute Gasteiger partial charge is 0.494 e. The van der Waals surface area contributed by atoms with Crippen molar-refractivity contribution < 1.29 is 46.1 Å². The second-order valence-corrected chi connectivity index (χ2v) is 15.9. The Kier molecular flexibility index (Phi) is 16.4. The van der Waals surface area contributed by atoms with Crippen molar-refractivity contribution in [2.24, 2.45) is 11.8 Å². The molecule has 5 aromatic rings. The van der Waals surface area contributed by atoms with E-state index in [1.165, 1.54) is 12.1 Å². The van der Waals surface area contributed by atoms with Gasteiger partial charge in [-0.25, -0.2) is 14.2 Å². The third-order valence-electron chi connectivity index (χ3n) is 11.6. The number of alkyl halides is 2. The van der Waals surface area contributed by atoms with Crippen LogP contribution in [0.15, 0.2) is 104 Å². The number of fused-ring (bicyclic) bond motifs is 2. The summed E-state index contributed by atoms with van der Waals surface area (Å²) in [5.41, 5.74) is 0.705. The summed E-state index contributed by atoms with van der Waals surface area (Å²) in [4.78, 5) is 33.2. The van der Waals surface area contributed by atoms with Crippen molar-refractivity contribution in [1.82, 2.24) is 9.97 Å². The number of hydrogen-bond donors (Lipinski definition) is 1. The van der Waals surface area contributed by atoms with Crippen molar-refractivity contribution in [2.45, 2.75) is 90.1 Å². The van der Waals surface area contributed by atoms with Gasteiger partial charge in [-0.05, 0) is 117 Å². The number of carbonyl (C=O) groups is 2. The second-order valence-electron chi connectivity index (χ2n) is 15.9. The third kappa shape index (κ3) is 12.4. The zero-order valence-electron chi connectivity index (χ0n) is 36.1. The lowest BCUT2D eigenvalue weighted by atomic mass is 9.80. The highest BCUT2D eigenvalue weighted by Crippen LogP contribution is 2.39. The fourth-order valence-corrected chi connectivity index (χ4v) is 7.87. The second kappa shape index (κ2) is 22.3. The number of esters is 2. The van der Waals surface area contributed by atoms with Gasteiger partial charge in [-0.3, -0.25) is 9.78 Å². The number of nitrogens with zero attached hydrogens (tertiary/aromatic N) is 2. The van der Waals surface area contributed by atoms with Crippen LogP contribution in [0.25, 0.3) is 21.8 Å². The van der Waals surface area contributed by atoms with E-state index >= 15 is 17.6 Å². The average molecular weight is 880 g/mol. The molecule has 1 unspecified atom stereocenters. The van der Waals surface area contributed by atoms with E-state index < -0.39 is 46.7 Å². The van der Waals surface area contributed by atoms with Gasteiger partial charge >= 0.3 is 18.0 Å². The Hall–Kier alpha value is -6.37. The van der Waals surface area contributed by atoms with Gasteiger partial charge in [-0.15, -0.1) is 0 Å². The molecule has 6 rings (SSSR count). The highest BCUT2D eigenvalue weighted by molar-refractivity contribution is 5.89. The van der Waals surface area contributed by atoms with Crippen LogP contribution in [-0.2, 0) is 26.9 Å². The van der Waals surface area contributed by atoms with E-state index in [-0.39, 0.29) is 29.8 Å². The molecular formula is C51H53F4N3O6. The molecule has 1 fully saturated rings. The summed E-state index contributed by atoms with van der Waals surface area (Å²) in [5, 5.41) is 9.70. The first-order valence-corrected chi connectivity index (χ1v) is 21.7. The molecular weight excluding hydrogens is 827 g/mol. The van der Waals surface area contributed by atoms with E-state index in [1.54, 1.807) is 6.20 Å². The number of rotatable bonds is 21. The molecule has 1 aliphatic carbocycles. The monoisotopic (exact) mass is 879 g/mol. The van der Waals surface area contributed by atoms with E-state index in [2.05, 4.69) is 30.6 Å². The van der Waals surface area contributed by atoms with E-state index in [0.29, 0.717) is 42.4 Å². The zero-order chi connectivity index (χ0) is 45.6. The molecule has 13 heteroatoms. The minimum atomic E-state index is -4.39. The first-order valence-electron chi connectivity index (χ1n) is 21.7. The molecule has 1 aliphatic rings. The van der Waals surface area contributed by atoms with Crippen molar-refractivity contribution in [2.75, 3.05) is 13.2 Å². The van der Waals surface area contributed by atoms with Crippen LogP contribution in [-0.4, -0.2) is 41.3 Å². The van der Waals surface area contributed by atoms with Crippen LogP contribution in [0.3, 0.4) is 0 Å². The van der Waals surface area contributed by atoms with Gasteiger partial charge in [0.05, 0.1) is 29.9 Å². The maximum atomic E-state index is 15.6. The SMILES string of the molecule is C=CC(=O)OCCCC(CC)CCOc1ccc2cc(CCC(=O)Oc3ccc(C(F)(F)Oc4cc5ncc(C6CCC(/C=C/C=C/C)CC6)nc5cc4C=N)c(F)c3F)ccc2c1. The van der Waals surface area contributed by atoms with Crippen LogP contribution in [0.2, 0.25) is 0 Å². The predicted molar refractivity (Wildman–Crippen MR) is 239 cm³/mol. The third-order valence-corrected chi connectivity index (χ3v) is 11.6.